The van der Waals surface area contributed by atoms with Crippen molar-refractivity contribution in [2.75, 3.05) is 17.7 Å². The Morgan fingerprint density at radius 1 is 0.897 bits per heavy atom. The summed E-state index contributed by atoms with van der Waals surface area (Å²) in [5, 5.41) is 5.97. The number of rotatable bonds is 5. The van der Waals surface area contributed by atoms with E-state index in [9.17, 15) is 9.59 Å². The van der Waals surface area contributed by atoms with Crippen molar-refractivity contribution in [3.8, 4) is 0 Å². The van der Waals surface area contributed by atoms with E-state index in [2.05, 4.69) is 20.6 Å². The van der Waals surface area contributed by atoms with Crippen LogP contribution in [0.2, 0.25) is 0 Å². The number of anilines is 3. The van der Waals surface area contributed by atoms with Crippen molar-refractivity contribution in [2.24, 2.45) is 0 Å². The molecule has 0 aliphatic rings. The van der Waals surface area contributed by atoms with Crippen LogP contribution in [0.1, 0.15) is 37.8 Å². The molecule has 148 valence electrons. The first kappa shape index (κ1) is 20.0. The zero-order valence-corrected chi connectivity index (χ0v) is 16.7. The van der Waals surface area contributed by atoms with Gasteiger partial charge in [-0.15, -0.1) is 0 Å². The van der Waals surface area contributed by atoms with Gasteiger partial charge in [-0.1, -0.05) is 12.1 Å². The first-order valence-electron chi connectivity index (χ1n) is 9.05. The van der Waals surface area contributed by atoms with E-state index in [1.54, 1.807) is 37.3 Å². The highest BCUT2D eigenvalue weighted by Crippen LogP contribution is 2.19. The van der Waals surface area contributed by atoms with Crippen LogP contribution in [0, 0.1) is 20.8 Å². The van der Waals surface area contributed by atoms with Crippen molar-refractivity contribution in [3.05, 3.63) is 76.7 Å². The normalized spacial score (nSPS) is 10.3. The molecule has 1 aromatic heterocycles. The summed E-state index contributed by atoms with van der Waals surface area (Å²) in [5.74, 6) is 0.141. The van der Waals surface area contributed by atoms with E-state index in [-0.39, 0.29) is 11.6 Å². The smallest absolute Gasteiger partial charge is 0.337 e. The Labute approximate surface area is 169 Å². The second-order valence-electron chi connectivity index (χ2n) is 6.71. The van der Waals surface area contributed by atoms with Crippen molar-refractivity contribution in [2.45, 2.75) is 20.8 Å². The largest absolute Gasteiger partial charge is 0.465 e. The number of carbonyl (C=O) groups excluding carboxylic acids is 2. The predicted molar refractivity (Wildman–Crippen MR) is 112 cm³/mol. The number of carbonyl (C=O) groups is 2. The highest BCUT2D eigenvalue weighted by atomic mass is 16.5. The summed E-state index contributed by atoms with van der Waals surface area (Å²) in [4.78, 5) is 33.0. The molecule has 0 bridgehead atoms. The third-order valence-electron chi connectivity index (χ3n) is 4.11. The molecule has 29 heavy (non-hydrogen) atoms. The molecule has 0 saturated carbocycles. The highest BCUT2D eigenvalue weighted by molar-refractivity contribution is 6.03. The van der Waals surface area contributed by atoms with E-state index in [4.69, 9.17) is 4.74 Å². The molecule has 0 radical (unpaired) electrons. The van der Waals surface area contributed by atoms with Gasteiger partial charge in [0.15, 0.2) is 0 Å². The second-order valence-corrected chi connectivity index (χ2v) is 6.71. The molecule has 1 amide bonds. The van der Waals surface area contributed by atoms with Crippen molar-refractivity contribution >= 4 is 29.1 Å². The van der Waals surface area contributed by atoms with Crippen LogP contribution in [0.5, 0.6) is 0 Å². The van der Waals surface area contributed by atoms with Gasteiger partial charge in [0.05, 0.1) is 12.7 Å². The fourth-order valence-corrected chi connectivity index (χ4v) is 2.98. The summed E-state index contributed by atoms with van der Waals surface area (Å²) in [7, 11) is 1.33. The van der Waals surface area contributed by atoms with E-state index >= 15 is 0 Å². The summed E-state index contributed by atoms with van der Waals surface area (Å²) in [6.45, 7) is 5.66. The molecule has 1 heterocycles. The molecule has 3 aromatic rings. The lowest BCUT2D eigenvalue weighted by atomic mass is 10.1. The summed E-state index contributed by atoms with van der Waals surface area (Å²) in [6.07, 6.45) is 0. The van der Waals surface area contributed by atoms with Crippen LogP contribution < -0.4 is 10.6 Å². The van der Waals surface area contributed by atoms with Crippen LogP contribution in [0.3, 0.4) is 0 Å². The number of amides is 1. The fourth-order valence-electron chi connectivity index (χ4n) is 2.98. The van der Waals surface area contributed by atoms with Crippen molar-refractivity contribution in [3.63, 3.8) is 0 Å². The maximum Gasteiger partial charge on any atom is 0.337 e. The Balaban J connectivity index is 1.82. The van der Waals surface area contributed by atoms with E-state index in [1.807, 2.05) is 32.0 Å². The number of aromatic nitrogens is 2. The van der Waals surface area contributed by atoms with Gasteiger partial charge in [0.25, 0.3) is 5.91 Å². The van der Waals surface area contributed by atoms with E-state index in [1.165, 1.54) is 7.11 Å². The highest BCUT2D eigenvalue weighted by Gasteiger charge is 2.12. The molecule has 0 spiro atoms. The standard InChI is InChI=1S/C22H22N4O3/c1-13-8-14(2)10-18(9-13)26-21(27)19-12-20(24-15(3)23-19)25-17-7-5-6-16(11-17)22(28)29-4/h5-12H,1-4H3,(H,26,27)(H,23,24,25). The first-order chi connectivity index (χ1) is 13.8. The fraction of sp³-hybridized carbons (Fsp3) is 0.182. The minimum absolute atomic E-state index is 0.239. The van der Waals surface area contributed by atoms with Crippen molar-refractivity contribution < 1.29 is 14.3 Å². The maximum atomic E-state index is 12.7. The van der Waals surface area contributed by atoms with Crippen molar-refractivity contribution in [1.29, 1.82) is 0 Å². The number of ether oxygens (including phenoxy) is 1. The monoisotopic (exact) mass is 390 g/mol. The molecule has 7 nitrogen and oxygen atoms in total. The van der Waals surface area contributed by atoms with Gasteiger partial charge in [0.1, 0.15) is 17.3 Å². The SMILES string of the molecule is COC(=O)c1cccc(Nc2cc(C(=O)Nc3cc(C)cc(C)c3)nc(C)n2)c1. The lowest BCUT2D eigenvalue weighted by Crippen LogP contribution is -2.15. The average Bonchev–Trinajstić information content (AvgIpc) is 2.66. The Kier molecular flexibility index (Phi) is 5.87. The number of methoxy groups -OCH3 is 1. The van der Waals surface area contributed by atoms with Crippen LogP contribution in [-0.2, 0) is 4.74 Å². The molecule has 2 aromatic carbocycles. The van der Waals surface area contributed by atoms with Gasteiger partial charge in [-0.3, -0.25) is 4.79 Å². The Hall–Kier alpha value is -3.74. The third kappa shape index (κ3) is 5.16. The minimum Gasteiger partial charge on any atom is -0.465 e. The summed E-state index contributed by atoms with van der Waals surface area (Å²) >= 11 is 0. The number of nitrogens with zero attached hydrogens (tertiary/aromatic N) is 2. The number of hydrogen-bond acceptors (Lipinski definition) is 6. The molecule has 2 N–H and O–H groups in total. The van der Waals surface area contributed by atoms with E-state index in [0.29, 0.717) is 28.6 Å². The first-order valence-corrected chi connectivity index (χ1v) is 9.05. The molecular formula is C22H22N4O3. The van der Waals surface area contributed by atoms with E-state index < -0.39 is 5.97 Å². The molecule has 0 aliphatic carbocycles. The summed E-state index contributed by atoms with van der Waals surface area (Å²) in [5.41, 5.74) is 4.13. The maximum absolute atomic E-state index is 12.7. The predicted octanol–water partition coefficient (Wildman–Crippen LogP) is 4.18. The molecular weight excluding hydrogens is 368 g/mol. The summed E-state index contributed by atoms with van der Waals surface area (Å²) < 4.78 is 4.74. The molecule has 7 heteroatoms. The lowest BCUT2D eigenvalue weighted by Gasteiger charge is -2.11. The quantitative estimate of drug-likeness (QED) is 0.635. The van der Waals surface area contributed by atoms with Crippen LogP contribution in [0.15, 0.2) is 48.5 Å². The van der Waals surface area contributed by atoms with Gasteiger partial charge in [-0.05, 0) is 62.2 Å². The van der Waals surface area contributed by atoms with E-state index in [0.717, 1.165) is 11.1 Å². The second kappa shape index (κ2) is 8.52. The lowest BCUT2D eigenvalue weighted by molar-refractivity contribution is 0.0600. The topological polar surface area (TPSA) is 93.2 Å². The minimum atomic E-state index is -0.430. The number of aryl methyl sites for hydroxylation is 3. The third-order valence-corrected chi connectivity index (χ3v) is 4.11. The molecule has 0 unspecified atom stereocenters. The molecule has 0 fully saturated rings. The number of benzene rings is 2. The average molecular weight is 390 g/mol. The molecule has 0 saturated heterocycles. The van der Waals surface area contributed by atoms with Gasteiger partial charge in [-0.2, -0.15) is 0 Å². The number of hydrogen-bond donors (Lipinski definition) is 2. The number of esters is 1. The Bertz CT molecular complexity index is 1060. The molecule has 3 rings (SSSR count). The van der Waals surface area contributed by atoms with Gasteiger partial charge in [-0.25, -0.2) is 14.8 Å². The number of nitrogens with one attached hydrogen (secondary N) is 2. The van der Waals surface area contributed by atoms with Crippen LogP contribution in [0.4, 0.5) is 17.2 Å². The van der Waals surface area contributed by atoms with Gasteiger partial charge in [0.2, 0.25) is 0 Å². The molecule has 0 aliphatic heterocycles. The Morgan fingerprint density at radius 3 is 2.31 bits per heavy atom. The summed E-state index contributed by atoms with van der Waals surface area (Å²) in [6, 6.07) is 14.2. The van der Waals surface area contributed by atoms with Crippen LogP contribution in [-0.4, -0.2) is 29.0 Å². The Morgan fingerprint density at radius 2 is 1.62 bits per heavy atom. The van der Waals surface area contributed by atoms with Gasteiger partial charge < -0.3 is 15.4 Å². The van der Waals surface area contributed by atoms with Gasteiger partial charge in [0, 0.05) is 17.4 Å². The molecule has 0 atom stereocenters. The van der Waals surface area contributed by atoms with Gasteiger partial charge >= 0.3 is 5.97 Å². The zero-order valence-electron chi connectivity index (χ0n) is 16.7. The van der Waals surface area contributed by atoms with Crippen LogP contribution >= 0.6 is 0 Å². The van der Waals surface area contributed by atoms with Crippen molar-refractivity contribution in [1.82, 2.24) is 9.97 Å². The van der Waals surface area contributed by atoms with Crippen LogP contribution in [0.25, 0.3) is 0 Å². The zero-order chi connectivity index (χ0) is 21.0.